The summed E-state index contributed by atoms with van der Waals surface area (Å²) in [7, 11) is -1.84. The number of hydrogen-bond donors (Lipinski definition) is 2. The van der Waals surface area contributed by atoms with E-state index in [-0.39, 0.29) is 10.8 Å². The van der Waals surface area contributed by atoms with Crippen molar-refractivity contribution in [3.8, 4) is 5.75 Å². The topological polar surface area (TPSA) is 109 Å². The molecular formula is C26H34N6O3S. The fourth-order valence-electron chi connectivity index (χ4n) is 4.31. The number of nitrogens with zero attached hydrogens (tertiary/aromatic N) is 4. The number of piperidine rings is 1. The van der Waals surface area contributed by atoms with Gasteiger partial charge in [0.25, 0.3) is 0 Å². The molecule has 1 saturated heterocycles. The summed E-state index contributed by atoms with van der Waals surface area (Å²) in [5.74, 6) is 2.04. The molecule has 0 aliphatic carbocycles. The first-order valence-corrected chi connectivity index (χ1v) is 13.9. The van der Waals surface area contributed by atoms with Crippen LogP contribution in [0.1, 0.15) is 40.0 Å². The van der Waals surface area contributed by atoms with Gasteiger partial charge in [-0.2, -0.15) is 4.98 Å². The maximum absolute atomic E-state index is 12.8. The molecule has 2 N–H and O–H groups in total. The van der Waals surface area contributed by atoms with Crippen molar-refractivity contribution in [2.24, 2.45) is 5.92 Å². The van der Waals surface area contributed by atoms with Crippen LogP contribution in [0, 0.1) is 5.92 Å². The SMILES string of the molecule is CCC1CCN(c2ccc(Nc3ncnc(Nc4ccccc4S(=O)(=O)C(C)C)n3)c(OC)c2)CC1. The Morgan fingerprint density at radius 2 is 1.69 bits per heavy atom. The summed E-state index contributed by atoms with van der Waals surface area (Å²) in [5, 5.41) is 5.67. The molecule has 9 nitrogen and oxygen atoms in total. The van der Waals surface area contributed by atoms with Gasteiger partial charge < -0.3 is 20.3 Å². The third-order valence-electron chi connectivity index (χ3n) is 6.62. The van der Waals surface area contributed by atoms with Gasteiger partial charge in [0.15, 0.2) is 9.84 Å². The molecule has 2 aromatic carbocycles. The third-order valence-corrected chi connectivity index (χ3v) is 8.83. The fourth-order valence-corrected chi connectivity index (χ4v) is 5.51. The average Bonchev–Trinajstić information content (AvgIpc) is 2.89. The highest BCUT2D eigenvalue weighted by Crippen LogP contribution is 2.34. The first kappa shape index (κ1) is 25.7. The number of ether oxygens (including phenoxy) is 1. The Morgan fingerprint density at radius 1 is 1.03 bits per heavy atom. The van der Waals surface area contributed by atoms with Crippen LogP contribution in [0.3, 0.4) is 0 Å². The third kappa shape index (κ3) is 5.70. The van der Waals surface area contributed by atoms with Gasteiger partial charge in [-0.15, -0.1) is 0 Å². The van der Waals surface area contributed by atoms with Gasteiger partial charge in [-0.1, -0.05) is 25.5 Å². The lowest BCUT2D eigenvalue weighted by Crippen LogP contribution is -2.33. The van der Waals surface area contributed by atoms with Crippen molar-refractivity contribution in [2.45, 2.75) is 50.2 Å². The molecule has 0 radical (unpaired) electrons. The van der Waals surface area contributed by atoms with E-state index in [1.54, 1.807) is 45.2 Å². The Hall–Kier alpha value is -3.40. The van der Waals surface area contributed by atoms with Crippen LogP contribution in [-0.4, -0.2) is 48.8 Å². The molecule has 0 bridgehead atoms. The molecule has 2 heterocycles. The van der Waals surface area contributed by atoms with E-state index in [1.165, 1.54) is 25.6 Å². The average molecular weight is 511 g/mol. The fraction of sp³-hybridized carbons (Fsp3) is 0.423. The summed E-state index contributed by atoms with van der Waals surface area (Å²) in [6.07, 6.45) is 5.03. The number of hydrogen-bond acceptors (Lipinski definition) is 9. The molecular weight excluding hydrogens is 476 g/mol. The van der Waals surface area contributed by atoms with Crippen molar-refractivity contribution in [1.29, 1.82) is 0 Å². The van der Waals surface area contributed by atoms with E-state index in [2.05, 4.69) is 43.5 Å². The van der Waals surface area contributed by atoms with Crippen LogP contribution in [0.25, 0.3) is 0 Å². The zero-order valence-electron chi connectivity index (χ0n) is 21.2. The number of para-hydroxylation sites is 1. The summed E-state index contributed by atoms with van der Waals surface area (Å²) >= 11 is 0. The van der Waals surface area contributed by atoms with Crippen LogP contribution in [0.15, 0.2) is 53.7 Å². The monoisotopic (exact) mass is 510 g/mol. The lowest BCUT2D eigenvalue weighted by Gasteiger charge is -2.33. The molecule has 0 spiro atoms. The predicted molar refractivity (Wildman–Crippen MR) is 143 cm³/mol. The molecule has 0 saturated carbocycles. The standard InChI is InChI=1S/C26H34N6O3S/c1-5-19-12-14-32(15-13-19)20-10-11-21(23(16-20)35-4)29-25-27-17-28-26(31-25)30-22-8-6-7-9-24(22)36(33,34)18(2)3/h6-11,16-19H,5,12-15H2,1-4H3,(H2,27,28,29,30,31). The largest absolute Gasteiger partial charge is 0.494 e. The molecule has 1 aliphatic heterocycles. The van der Waals surface area contributed by atoms with E-state index >= 15 is 0 Å². The molecule has 36 heavy (non-hydrogen) atoms. The van der Waals surface area contributed by atoms with Gasteiger partial charge in [0.05, 0.1) is 28.6 Å². The van der Waals surface area contributed by atoms with E-state index < -0.39 is 15.1 Å². The van der Waals surface area contributed by atoms with Gasteiger partial charge in [-0.3, -0.25) is 0 Å². The first-order valence-electron chi connectivity index (χ1n) is 12.3. The summed E-state index contributed by atoms with van der Waals surface area (Å²) in [6, 6.07) is 12.8. The smallest absolute Gasteiger partial charge is 0.232 e. The summed E-state index contributed by atoms with van der Waals surface area (Å²) in [4.78, 5) is 15.4. The zero-order chi connectivity index (χ0) is 25.7. The second kappa shape index (κ2) is 11.1. The Labute approximate surface area is 213 Å². The number of nitrogens with one attached hydrogen (secondary N) is 2. The quantitative estimate of drug-likeness (QED) is 0.402. The highest BCUT2D eigenvalue weighted by atomic mass is 32.2. The Morgan fingerprint density at radius 3 is 2.33 bits per heavy atom. The minimum Gasteiger partial charge on any atom is -0.494 e. The van der Waals surface area contributed by atoms with E-state index in [0.29, 0.717) is 17.4 Å². The summed E-state index contributed by atoms with van der Waals surface area (Å²) < 4.78 is 31.2. The van der Waals surface area contributed by atoms with Crippen LogP contribution in [0.5, 0.6) is 5.75 Å². The second-order valence-corrected chi connectivity index (χ2v) is 11.7. The molecule has 1 aromatic heterocycles. The second-order valence-electron chi connectivity index (χ2n) is 9.20. The predicted octanol–water partition coefficient (Wildman–Crippen LogP) is 5.18. The van der Waals surface area contributed by atoms with Crippen molar-refractivity contribution in [3.63, 3.8) is 0 Å². The summed E-state index contributed by atoms with van der Waals surface area (Å²) in [6.45, 7) is 7.67. The highest BCUT2D eigenvalue weighted by molar-refractivity contribution is 7.92. The number of benzene rings is 2. The molecule has 192 valence electrons. The van der Waals surface area contributed by atoms with Gasteiger partial charge in [-0.25, -0.2) is 18.4 Å². The molecule has 4 rings (SSSR count). The highest BCUT2D eigenvalue weighted by Gasteiger charge is 2.23. The zero-order valence-corrected chi connectivity index (χ0v) is 22.0. The minimum atomic E-state index is -3.48. The van der Waals surface area contributed by atoms with Crippen molar-refractivity contribution >= 4 is 38.8 Å². The number of aromatic nitrogens is 3. The molecule has 0 unspecified atom stereocenters. The van der Waals surface area contributed by atoms with E-state index in [1.807, 2.05) is 12.1 Å². The van der Waals surface area contributed by atoms with Crippen molar-refractivity contribution in [1.82, 2.24) is 15.0 Å². The minimum absolute atomic E-state index is 0.204. The number of rotatable bonds is 9. The van der Waals surface area contributed by atoms with E-state index in [9.17, 15) is 8.42 Å². The van der Waals surface area contributed by atoms with Crippen LogP contribution in [-0.2, 0) is 9.84 Å². The molecule has 0 atom stereocenters. The van der Waals surface area contributed by atoms with Crippen LogP contribution in [0.4, 0.5) is 29.0 Å². The van der Waals surface area contributed by atoms with Crippen molar-refractivity contribution in [3.05, 3.63) is 48.8 Å². The van der Waals surface area contributed by atoms with Crippen LogP contribution >= 0.6 is 0 Å². The molecule has 1 aliphatic rings. The number of anilines is 5. The molecule has 0 amide bonds. The van der Waals surface area contributed by atoms with E-state index in [0.717, 1.165) is 30.4 Å². The van der Waals surface area contributed by atoms with Gasteiger partial charge in [-0.05, 0) is 56.9 Å². The Balaban J connectivity index is 1.52. The first-order chi connectivity index (χ1) is 17.3. The summed E-state index contributed by atoms with van der Waals surface area (Å²) in [5.41, 5.74) is 2.27. The van der Waals surface area contributed by atoms with Gasteiger partial charge in [0.2, 0.25) is 11.9 Å². The lowest BCUT2D eigenvalue weighted by atomic mass is 9.94. The Bertz CT molecular complexity index is 1290. The lowest BCUT2D eigenvalue weighted by molar-refractivity contribution is 0.393. The maximum Gasteiger partial charge on any atom is 0.232 e. The Kier molecular flexibility index (Phi) is 7.93. The van der Waals surface area contributed by atoms with Gasteiger partial charge >= 0.3 is 0 Å². The maximum atomic E-state index is 12.8. The van der Waals surface area contributed by atoms with Gasteiger partial charge in [0.1, 0.15) is 12.1 Å². The van der Waals surface area contributed by atoms with Gasteiger partial charge in [0, 0.05) is 24.8 Å². The number of sulfone groups is 1. The number of methoxy groups -OCH3 is 1. The van der Waals surface area contributed by atoms with E-state index in [4.69, 9.17) is 4.74 Å². The molecule has 10 heteroatoms. The molecule has 1 fully saturated rings. The van der Waals surface area contributed by atoms with Crippen LogP contribution in [0.2, 0.25) is 0 Å². The van der Waals surface area contributed by atoms with Crippen molar-refractivity contribution in [2.75, 3.05) is 35.7 Å². The normalized spacial score (nSPS) is 14.6. The van der Waals surface area contributed by atoms with Crippen LogP contribution < -0.4 is 20.3 Å². The molecule has 3 aromatic rings. The van der Waals surface area contributed by atoms with Crippen molar-refractivity contribution < 1.29 is 13.2 Å².